The molecule has 1 radical (unpaired) electrons. The standard InChI is InChI=1S/C8H12N/c1-7-4-3-5-8(2,9)6-7/h3-6H,9H2,1-2H3. The molecule has 0 spiro atoms. The first-order chi connectivity index (χ1) is 4.10. The van der Waals surface area contributed by atoms with Crippen LogP contribution in [0.4, 0.5) is 0 Å². The molecule has 49 valence electrons. The zero-order valence-electron chi connectivity index (χ0n) is 5.89. The van der Waals surface area contributed by atoms with Crippen LogP contribution in [-0.4, -0.2) is 5.54 Å². The van der Waals surface area contributed by atoms with E-state index in [1.807, 2.05) is 25.5 Å². The predicted octanol–water partition coefficient (Wildman–Crippen LogP) is 1.42. The Hall–Kier alpha value is -0.560. The molecule has 0 amide bonds. The summed E-state index contributed by atoms with van der Waals surface area (Å²) in [5.74, 6) is 0. The Kier molecular flexibility index (Phi) is 1.45. The number of nitrogens with two attached hydrogens (primary N) is 1. The van der Waals surface area contributed by atoms with Crippen molar-refractivity contribution in [3.63, 3.8) is 0 Å². The van der Waals surface area contributed by atoms with E-state index in [0.717, 1.165) is 0 Å². The minimum atomic E-state index is -0.223. The van der Waals surface area contributed by atoms with E-state index in [4.69, 9.17) is 5.73 Å². The third-order valence-corrected chi connectivity index (χ3v) is 1.35. The van der Waals surface area contributed by atoms with E-state index >= 15 is 0 Å². The molecule has 1 unspecified atom stereocenters. The van der Waals surface area contributed by atoms with Gasteiger partial charge in [0.05, 0.1) is 0 Å². The van der Waals surface area contributed by atoms with Crippen molar-refractivity contribution in [2.45, 2.75) is 19.4 Å². The first kappa shape index (κ1) is 6.56. The van der Waals surface area contributed by atoms with Crippen molar-refractivity contribution < 1.29 is 0 Å². The summed E-state index contributed by atoms with van der Waals surface area (Å²) in [7, 11) is 0. The molecule has 0 aliphatic heterocycles. The highest BCUT2D eigenvalue weighted by Crippen LogP contribution is 2.17. The highest BCUT2D eigenvalue weighted by molar-refractivity contribution is 5.33. The third-order valence-electron chi connectivity index (χ3n) is 1.35. The summed E-state index contributed by atoms with van der Waals surface area (Å²) in [5.41, 5.74) is 6.80. The van der Waals surface area contributed by atoms with E-state index in [9.17, 15) is 0 Å². The minimum absolute atomic E-state index is 0.223. The van der Waals surface area contributed by atoms with Gasteiger partial charge in [-0.05, 0) is 13.8 Å². The number of hydrogen-bond acceptors (Lipinski definition) is 1. The van der Waals surface area contributed by atoms with Crippen LogP contribution in [0.1, 0.15) is 13.8 Å². The zero-order chi connectivity index (χ0) is 6.91. The van der Waals surface area contributed by atoms with E-state index in [1.54, 1.807) is 0 Å². The van der Waals surface area contributed by atoms with Crippen LogP contribution in [0.25, 0.3) is 0 Å². The zero-order valence-corrected chi connectivity index (χ0v) is 5.89. The fraction of sp³-hybridized carbons (Fsp3) is 0.375. The summed E-state index contributed by atoms with van der Waals surface area (Å²) in [4.78, 5) is 0. The lowest BCUT2D eigenvalue weighted by atomic mass is 9.90. The average molecular weight is 122 g/mol. The number of rotatable bonds is 0. The van der Waals surface area contributed by atoms with Gasteiger partial charge in [-0.1, -0.05) is 23.8 Å². The lowest BCUT2D eigenvalue weighted by Crippen LogP contribution is -2.35. The molecule has 0 saturated heterocycles. The van der Waals surface area contributed by atoms with Gasteiger partial charge in [0.15, 0.2) is 0 Å². The first-order valence-corrected chi connectivity index (χ1v) is 3.11. The fourth-order valence-corrected chi connectivity index (χ4v) is 0.994. The van der Waals surface area contributed by atoms with Crippen molar-refractivity contribution in [1.82, 2.24) is 0 Å². The molecule has 1 heteroatoms. The van der Waals surface area contributed by atoms with Crippen molar-refractivity contribution in [3.8, 4) is 0 Å². The fourth-order valence-electron chi connectivity index (χ4n) is 0.994. The predicted molar refractivity (Wildman–Crippen MR) is 39.8 cm³/mol. The second-order valence-electron chi connectivity index (χ2n) is 2.78. The van der Waals surface area contributed by atoms with E-state index < -0.39 is 0 Å². The van der Waals surface area contributed by atoms with Crippen molar-refractivity contribution in [1.29, 1.82) is 0 Å². The van der Waals surface area contributed by atoms with Gasteiger partial charge in [-0.15, -0.1) is 0 Å². The molecular weight excluding hydrogens is 110 g/mol. The van der Waals surface area contributed by atoms with Gasteiger partial charge in [0.2, 0.25) is 0 Å². The van der Waals surface area contributed by atoms with Gasteiger partial charge in [0.25, 0.3) is 0 Å². The molecule has 2 N–H and O–H groups in total. The van der Waals surface area contributed by atoms with Crippen molar-refractivity contribution in [2.24, 2.45) is 5.73 Å². The average Bonchev–Trinajstić information content (AvgIpc) is 1.60. The van der Waals surface area contributed by atoms with Gasteiger partial charge < -0.3 is 5.73 Å². The van der Waals surface area contributed by atoms with Gasteiger partial charge >= 0.3 is 0 Å². The van der Waals surface area contributed by atoms with E-state index in [2.05, 4.69) is 13.0 Å². The van der Waals surface area contributed by atoms with E-state index in [1.165, 1.54) is 5.57 Å². The molecule has 0 fully saturated rings. The Balaban J connectivity index is 2.73. The van der Waals surface area contributed by atoms with E-state index in [0.29, 0.717) is 0 Å². The third kappa shape index (κ3) is 1.68. The SMILES string of the molecule is CC1=CC=CC(C)(N)[CH]1. The molecule has 1 aliphatic carbocycles. The largest absolute Gasteiger partial charge is 0.322 e. The lowest BCUT2D eigenvalue weighted by Gasteiger charge is -2.22. The van der Waals surface area contributed by atoms with Crippen LogP contribution >= 0.6 is 0 Å². The Labute approximate surface area is 56.2 Å². The highest BCUT2D eigenvalue weighted by atomic mass is 14.7. The minimum Gasteiger partial charge on any atom is -0.322 e. The van der Waals surface area contributed by atoms with E-state index in [-0.39, 0.29) is 5.54 Å². The summed E-state index contributed by atoms with van der Waals surface area (Å²) in [5, 5.41) is 0. The van der Waals surface area contributed by atoms with Crippen LogP contribution < -0.4 is 5.73 Å². The summed E-state index contributed by atoms with van der Waals surface area (Å²) < 4.78 is 0. The van der Waals surface area contributed by atoms with Gasteiger partial charge in [-0.2, -0.15) is 0 Å². The van der Waals surface area contributed by atoms with Gasteiger partial charge in [0.1, 0.15) is 0 Å². The first-order valence-electron chi connectivity index (χ1n) is 3.11. The second-order valence-corrected chi connectivity index (χ2v) is 2.78. The Bertz CT molecular complexity index is 163. The summed E-state index contributed by atoms with van der Waals surface area (Å²) in [6.07, 6.45) is 8.08. The van der Waals surface area contributed by atoms with Crippen LogP contribution in [-0.2, 0) is 0 Å². The molecule has 0 bridgehead atoms. The monoisotopic (exact) mass is 122 g/mol. The Morgan fingerprint density at radius 1 is 1.56 bits per heavy atom. The molecule has 0 saturated carbocycles. The van der Waals surface area contributed by atoms with Crippen LogP contribution in [0.3, 0.4) is 0 Å². The van der Waals surface area contributed by atoms with Gasteiger partial charge in [-0.3, -0.25) is 0 Å². The normalized spacial score (nSPS) is 34.3. The van der Waals surface area contributed by atoms with Crippen LogP contribution in [0.15, 0.2) is 23.8 Å². The maximum Gasteiger partial charge on any atom is 0.0386 e. The number of allylic oxidation sites excluding steroid dienone is 2. The lowest BCUT2D eigenvalue weighted by molar-refractivity contribution is 0.680. The molecule has 1 atom stereocenters. The summed E-state index contributed by atoms with van der Waals surface area (Å²) in [6.45, 7) is 4.04. The molecule has 1 rings (SSSR count). The topological polar surface area (TPSA) is 26.0 Å². The molecule has 1 nitrogen and oxygen atoms in total. The van der Waals surface area contributed by atoms with Gasteiger partial charge in [-0.25, -0.2) is 0 Å². The molecular formula is C8H12N. The summed E-state index contributed by atoms with van der Waals surface area (Å²) >= 11 is 0. The molecule has 0 aromatic carbocycles. The Morgan fingerprint density at radius 3 is 2.56 bits per heavy atom. The maximum atomic E-state index is 5.78. The molecule has 9 heavy (non-hydrogen) atoms. The molecule has 0 aromatic rings. The van der Waals surface area contributed by atoms with Crippen LogP contribution in [0.2, 0.25) is 0 Å². The molecule has 0 heterocycles. The quantitative estimate of drug-likeness (QED) is 0.516. The summed E-state index contributed by atoms with van der Waals surface area (Å²) in [6, 6.07) is 0. The Morgan fingerprint density at radius 2 is 2.22 bits per heavy atom. The van der Waals surface area contributed by atoms with Crippen LogP contribution in [0.5, 0.6) is 0 Å². The number of hydrogen-bond donors (Lipinski definition) is 1. The van der Waals surface area contributed by atoms with Crippen LogP contribution in [0, 0.1) is 6.42 Å². The highest BCUT2D eigenvalue weighted by Gasteiger charge is 2.16. The smallest absolute Gasteiger partial charge is 0.0386 e. The maximum absolute atomic E-state index is 5.78. The van der Waals surface area contributed by atoms with Crippen molar-refractivity contribution >= 4 is 0 Å². The second kappa shape index (κ2) is 1.99. The molecule has 1 aliphatic rings. The van der Waals surface area contributed by atoms with Gasteiger partial charge in [0, 0.05) is 12.0 Å². The molecule has 0 aromatic heterocycles. The van der Waals surface area contributed by atoms with Crippen molar-refractivity contribution in [2.75, 3.05) is 0 Å². The van der Waals surface area contributed by atoms with Crippen molar-refractivity contribution in [3.05, 3.63) is 30.2 Å².